The van der Waals surface area contributed by atoms with Crippen molar-refractivity contribution < 1.29 is 19.0 Å². The number of esters is 1. The lowest BCUT2D eigenvalue weighted by Gasteiger charge is -2.67. The van der Waals surface area contributed by atoms with Gasteiger partial charge in [-0.2, -0.15) is 0 Å². The van der Waals surface area contributed by atoms with Crippen LogP contribution in [0.4, 0.5) is 0 Å². The number of nitrogens with zero attached hydrogens (tertiary/aromatic N) is 1. The first-order valence-electron chi connectivity index (χ1n) is 12.3. The van der Waals surface area contributed by atoms with Gasteiger partial charge in [0.05, 0.1) is 19.6 Å². The molecule has 3 aliphatic carbocycles. The van der Waals surface area contributed by atoms with Crippen molar-refractivity contribution in [1.29, 1.82) is 0 Å². The quantitative estimate of drug-likeness (QED) is 0.655. The highest BCUT2D eigenvalue weighted by Gasteiger charge is 2.78. The third-order valence-corrected chi connectivity index (χ3v) is 11.3. The highest BCUT2D eigenvalue weighted by molar-refractivity contribution is 5.73. The molecule has 9 atom stereocenters. The lowest BCUT2D eigenvalue weighted by atomic mass is 9.46. The predicted molar refractivity (Wildman–Crippen MR) is 113 cm³/mol. The van der Waals surface area contributed by atoms with Crippen LogP contribution in [0, 0.1) is 45.8 Å². The zero-order chi connectivity index (χ0) is 20.9. The van der Waals surface area contributed by atoms with Crippen LogP contribution in [0.5, 0.6) is 0 Å². The maximum atomic E-state index is 12.9. The van der Waals surface area contributed by atoms with Gasteiger partial charge in [0, 0.05) is 44.5 Å². The second-order valence-electron chi connectivity index (χ2n) is 12.1. The summed E-state index contributed by atoms with van der Waals surface area (Å²) >= 11 is 0. The number of rotatable bonds is 3. The van der Waals surface area contributed by atoms with Crippen molar-refractivity contribution in [3.8, 4) is 0 Å². The molecule has 7 fully saturated rings. The van der Waals surface area contributed by atoms with Crippen LogP contribution in [0.1, 0.15) is 58.8 Å². The molecular formula is C25H39NO4. The Balaban J connectivity index is 1.46. The van der Waals surface area contributed by atoms with Crippen molar-refractivity contribution >= 4 is 5.97 Å². The standard InChI is InChI=1S/C25H39NO4/c1-16(2)25(29-4)10-9-23(15-30-25)17-5-7-22-8-6-18-19(21(27)28-3)11-24(23,20(18)22)14-26(12-17)13-22/h16-20H,5-15H2,1-4H3/t17-,18+,19-,20-,22-,23+,24-,25-/m1/s1. The second kappa shape index (κ2) is 6.23. The Labute approximate surface area is 181 Å². The molecule has 3 spiro atoms. The van der Waals surface area contributed by atoms with E-state index in [1.54, 1.807) is 7.11 Å². The normalized spacial score (nSPS) is 55.8. The van der Waals surface area contributed by atoms with E-state index in [0.717, 1.165) is 19.4 Å². The number of hydrogen-bond acceptors (Lipinski definition) is 5. The summed E-state index contributed by atoms with van der Waals surface area (Å²) in [6.07, 6.45) is 8.41. The minimum absolute atomic E-state index is 0.0501. The van der Waals surface area contributed by atoms with E-state index in [9.17, 15) is 4.79 Å². The molecule has 0 aromatic carbocycles. The van der Waals surface area contributed by atoms with Gasteiger partial charge in [0.2, 0.25) is 0 Å². The molecule has 5 nitrogen and oxygen atoms in total. The molecule has 0 radical (unpaired) electrons. The van der Waals surface area contributed by atoms with E-state index >= 15 is 0 Å². The summed E-state index contributed by atoms with van der Waals surface area (Å²) in [5.74, 6) is 1.93. The smallest absolute Gasteiger partial charge is 0.308 e. The van der Waals surface area contributed by atoms with Crippen molar-refractivity contribution in [3.63, 3.8) is 0 Å². The van der Waals surface area contributed by atoms with Crippen molar-refractivity contribution in [2.24, 2.45) is 45.8 Å². The fourth-order valence-corrected chi connectivity index (χ4v) is 10.2. The van der Waals surface area contributed by atoms with Crippen LogP contribution in [0.15, 0.2) is 0 Å². The highest BCUT2D eigenvalue weighted by atomic mass is 16.7. The summed E-state index contributed by atoms with van der Waals surface area (Å²) in [5.41, 5.74) is 0.831. The zero-order valence-electron chi connectivity index (χ0n) is 19.2. The van der Waals surface area contributed by atoms with Crippen LogP contribution >= 0.6 is 0 Å². The fraction of sp³-hybridized carbons (Fsp3) is 0.960. The highest BCUT2D eigenvalue weighted by Crippen LogP contribution is 2.78. The van der Waals surface area contributed by atoms with Gasteiger partial charge in [-0.3, -0.25) is 4.79 Å². The number of ether oxygens (including phenoxy) is 3. The minimum atomic E-state index is -0.446. The van der Waals surface area contributed by atoms with Crippen molar-refractivity contribution in [2.75, 3.05) is 40.5 Å². The minimum Gasteiger partial charge on any atom is -0.469 e. The Morgan fingerprint density at radius 1 is 1.07 bits per heavy atom. The maximum Gasteiger partial charge on any atom is 0.308 e. The van der Waals surface area contributed by atoms with Crippen molar-refractivity contribution in [2.45, 2.75) is 64.6 Å². The van der Waals surface area contributed by atoms with Gasteiger partial charge in [-0.1, -0.05) is 13.8 Å². The first-order chi connectivity index (χ1) is 14.4. The van der Waals surface area contributed by atoms with Gasteiger partial charge >= 0.3 is 5.97 Å². The average Bonchev–Trinajstić information content (AvgIpc) is 3.23. The van der Waals surface area contributed by atoms with Gasteiger partial charge in [0.1, 0.15) is 0 Å². The lowest BCUT2D eigenvalue weighted by molar-refractivity contribution is -0.323. The Kier molecular flexibility index (Phi) is 4.15. The number of hydrogen-bond donors (Lipinski definition) is 0. The first kappa shape index (κ1) is 20.0. The maximum absolute atomic E-state index is 12.9. The predicted octanol–water partition coefficient (Wildman–Crippen LogP) is 3.71. The number of methoxy groups -OCH3 is 2. The molecule has 7 aliphatic rings. The molecular weight excluding hydrogens is 378 g/mol. The van der Waals surface area contributed by atoms with Crippen LogP contribution in [-0.4, -0.2) is 57.1 Å². The van der Waals surface area contributed by atoms with Gasteiger partial charge in [0.25, 0.3) is 0 Å². The van der Waals surface area contributed by atoms with Gasteiger partial charge in [-0.15, -0.1) is 0 Å². The van der Waals surface area contributed by atoms with E-state index in [4.69, 9.17) is 14.2 Å². The van der Waals surface area contributed by atoms with Crippen LogP contribution in [0.3, 0.4) is 0 Å². The molecule has 4 heterocycles. The number of piperidine rings is 2. The van der Waals surface area contributed by atoms with Crippen molar-refractivity contribution in [3.05, 3.63) is 0 Å². The van der Waals surface area contributed by atoms with E-state index in [0.29, 0.717) is 29.1 Å². The van der Waals surface area contributed by atoms with Gasteiger partial charge in [-0.05, 0) is 67.1 Å². The van der Waals surface area contributed by atoms with Crippen LogP contribution < -0.4 is 0 Å². The van der Waals surface area contributed by atoms with E-state index in [-0.39, 0.29) is 22.7 Å². The van der Waals surface area contributed by atoms with Crippen LogP contribution in [-0.2, 0) is 19.0 Å². The van der Waals surface area contributed by atoms with Gasteiger partial charge in [0.15, 0.2) is 5.79 Å². The summed E-state index contributed by atoms with van der Waals surface area (Å²) < 4.78 is 18.1. The van der Waals surface area contributed by atoms with Crippen LogP contribution in [0.25, 0.3) is 0 Å². The molecule has 1 unspecified atom stereocenters. The fourth-order valence-electron chi connectivity index (χ4n) is 10.2. The third kappa shape index (κ3) is 2.13. The lowest BCUT2D eigenvalue weighted by Crippen LogP contribution is -2.70. The summed E-state index contributed by atoms with van der Waals surface area (Å²) in [6.45, 7) is 8.93. The molecule has 30 heavy (non-hydrogen) atoms. The van der Waals surface area contributed by atoms with Crippen molar-refractivity contribution in [1.82, 2.24) is 4.90 Å². The third-order valence-electron chi connectivity index (χ3n) is 11.3. The number of fused-ring (bicyclic) bond motifs is 1. The molecule has 0 amide bonds. The Morgan fingerprint density at radius 3 is 2.53 bits per heavy atom. The average molecular weight is 418 g/mol. The molecule has 0 aromatic heterocycles. The molecule has 168 valence electrons. The first-order valence-corrected chi connectivity index (χ1v) is 12.3. The number of carbonyl (C=O) groups is 1. The monoisotopic (exact) mass is 417 g/mol. The molecule has 7 rings (SSSR count). The molecule has 5 heteroatoms. The molecule has 3 saturated carbocycles. The van der Waals surface area contributed by atoms with E-state index in [1.807, 2.05) is 7.11 Å². The van der Waals surface area contributed by atoms with Gasteiger partial charge < -0.3 is 19.1 Å². The van der Waals surface area contributed by atoms with E-state index in [2.05, 4.69) is 18.7 Å². The molecule has 4 aliphatic heterocycles. The van der Waals surface area contributed by atoms with Gasteiger partial charge in [-0.25, -0.2) is 0 Å². The SMILES string of the molecule is COC(=O)[C@@H]1C[C@@]23CN4C[C@@H](CC[C@@]5(CC[C@@H]1[C@H]52)C4)[C@@]31CC[C@](OC)(C(C)C)OC1. The Hall–Kier alpha value is -0.650. The summed E-state index contributed by atoms with van der Waals surface area (Å²) in [6, 6.07) is 0. The second-order valence-corrected chi connectivity index (χ2v) is 12.1. The largest absolute Gasteiger partial charge is 0.469 e. The molecule has 0 N–H and O–H groups in total. The van der Waals surface area contributed by atoms with Crippen LogP contribution in [0.2, 0.25) is 0 Å². The Bertz CT molecular complexity index is 743. The van der Waals surface area contributed by atoms with E-state index < -0.39 is 5.79 Å². The zero-order valence-corrected chi connectivity index (χ0v) is 19.2. The molecule has 4 bridgehead atoms. The Morgan fingerprint density at radius 2 is 1.87 bits per heavy atom. The topological polar surface area (TPSA) is 48.0 Å². The summed E-state index contributed by atoms with van der Waals surface area (Å²) in [4.78, 5) is 15.7. The summed E-state index contributed by atoms with van der Waals surface area (Å²) in [7, 11) is 3.40. The number of carbonyl (C=O) groups excluding carboxylic acids is 1. The molecule has 0 aromatic rings. The van der Waals surface area contributed by atoms with E-state index in [1.165, 1.54) is 51.7 Å². The summed E-state index contributed by atoms with van der Waals surface area (Å²) in [5, 5.41) is 0. The molecule has 4 saturated heterocycles.